The third kappa shape index (κ3) is 21.6. The van der Waals surface area contributed by atoms with Gasteiger partial charge in [0.25, 0.3) is 0 Å². The molecule has 0 spiro atoms. The zero-order valence-corrected chi connectivity index (χ0v) is 30.5. The molecule has 7 heteroatoms. The predicted octanol–water partition coefficient (Wildman–Crippen LogP) is 8.76. The fraction of sp³-hybridized carbons (Fsp3) is 0.632. The summed E-state index contributed by atoms with van der Waals surface area (Å²) < 4.78 is 0. The van der Waals surface area contributed by atoms with Gasteiger partial charge in [-0.25, -0.2) is 4.79 Å². The van der Waals surface area contributed by atoms with Crippen LogP contribution in [0.25, 0.3) is 0 Å². The van der Waals surface area contributed by atoms with E-state index in [1.54, 1.807) is 18.2 Å². The number of benzene rings is 2. The molecule has 0 amide bonds. The molecule has 0 aliphatic rings. The van der Waals surface area contributed by atoms with Crippen LogP contribution in [0.1, 0.15) is 174 Å². The molecular weight excluding hydrogens is 592 g/mol. The summed E-state index contributed by atoms with van der Waals surface area (Å²) in [4.78, 5) is 21.5. The Hall–Kier alpha value is -1.76. The predicted molar refractivity (Wildman–Crippen MR) is 182 cm³/mol. The first-order valence-corrected chi connectivity index (χ1v) is 17.4. The van der Waals surface area contributed by atoms with Gasteiger partial charge in [0.1, 0.15) is 11.3 Å². The van der Waals surface area contributed by atoms with E-state index in [4.69, 9.17) is 5.11 Å². The van der Waals surface area contributed by atoms with E-state index < -0.39 is 17.7 Å². The fourth-order valence-electron chi connectivity index (χ4n) is 5.44. The number of unbranched alkanes of at least 4 members (excludes halogenated alkanes) is 18. The number of hydrogen-bond acceptors (Lipinski definition) is 5. The van der Waals surface area contributed by atoms with Gasteiger partial charge in [-0.2, -0.15) is 0 Å². The summed E-state index contributed by atoms with van der Waals surface area (Å²) in [5.41, 5.74) is 1.68. The molecule has 0 bridgehead atoms. The van der Waals surface area contributed by atoms with E-state index in [0.29, 0.717) is 0 Å². The van der Waals surface area contributed by atoms with Gasteiger partial charge in [0.05, 0.1) is 5.97 Å². The fourth-order valence-corrected chi connectivity index (χ4v) is 5.44. The molecule has 0 aliphatic heterocycles. The molecule has 0 fully saturated rings. The van der Waals surface area contributed by atoms with Crippen LogP contribution in [-0.2, 0) is 12.8 Å². The molecule has 0 radical (unpaired) electrons. The minimum atomic E-state index is -1.39. The van der Waals surface area contributed by atoms with E-state index in [-0.39, 0.29) is 54.6 Å². The second-order valence-electron chi connectivity index (χ2n) is 12.1. The summed E-state index contributed by atoms with van der Waals surface area (Å²) in [5.74, 6) is -3.04. The zero-order valence-electron chi connectivity index (χ0n) is 28.3. The van der Waals surface area contributed by atoms with Gasteiger partial charge in [0, 0.05) is 0 Å². The maximum Gasteiger partial charge on any atom is 2.00 e. The zero-order chi connectivity index (χ0) is 32.4. The van der Waals surface area contributed by atoms with Gasteiger partial charge in [0.2, 0.25) is 0 Å². The van der Waals surface area contributed by atoms with E-state index >= 15 is 0 Å². The van der Waals surface area contributed by atoms with Crippen molar-refractivity contribution in [3.8, 4) is 11.5 Å². The summed E-state index contributed by atoms with van der Waals surface area (Å²) in [6.07, 6.45) is 27.6. The summed E-state index contributed by atoms with van der Waals surface area (Å²) >= 11 is 0. The number of rotatable bonds is 24. The van der Waals surface area contributed by atoms with Crippen molar-refractivity contribution in [2.45, 2.75) is 155 Å². The third-order valence-electron chi connectivity index (χ3n) is 8.20. The van der Waals surface area contributed by atoms with Gasteiger partial charge in [-0.05, 0) is 54.5 Å². The molecule has 248 valence electrons. The maximum atomic E-state index is 11.5. The van der Waals surface area contributed by atoms with Gasteiger partial charge >= 0.3 is 43.7 Å². The molecule has 6 nitrogen and oxygen atoms in total. The van der Waals surface area contributed by atoms with Crippen molar-refractivity contribution in [3.05, 3.63) is 58.7 Å². The van der Waals surface area contributed by atoms with Crippen molar-refractivity contribution in [1.82, 2.24) is 0 Å². The van der Waals surface area contributed by atoms with Crippen molar-refractivity contribution in [3.63, 3.8) is 0 Å². The van der Waals surface area contributed by atoms with Gasteiger partial charge in [-0.15, -0.1) is 0 Å². The molecule has 0 heterocycles. The first-order valence-electron chi connectivity index (χ1n) is 17.4. The van der Waals surface area contributed by atoms with E-state index in [0.717, 1.165) is 36.8 Å². The molecular formula is C38H58CaO6. The minimum absolute atomic E-state index is 0. The van der Waals surface area contributed by atoms with Gasteiger partial charge in [-0.3, -0.25) is 0 Å². The number of phenols is 1. The van der Waals surface area contributed by atoms with Crippen LogP contribution < -0.4 is 10.2 Å². The SMILES string of the molecule is CCCCCCCCCCCCc1ccc(C(=O)O)c(O)c1.CCCCCCCCCCCCc1ccc(C(=O)[O-])c([O-])c1.[Ca+2]. The van der Waals surface area contributed by atoms with E-state index in [1.807, 2.05) is 0 Å². The Balaban J connectivity index is 0.000000842. The largest absolute Gasteiger partial charge is 2.00 e. The van der Waals surface area contributed by atoms with Crippen LogP contribution >= 0.6 is 0 Å². The first kappa shape index (κ1) is 43.2. The number of aryl methyl sites for hydroxylation is 2. The van der Waals surface area contributed by atoms with Crippen LogP contribution in [0.5, 0.6) is 11.5 Å². The van der Waals surface area contributed by atoms with Gasteiger partial charge in [-0.1, -0.05) is 159 Å². The van der Waals surface area contributed by atoms with Crippen LogP contribution in [0, 0.1) is 0 Å². The van der Waals surface area contributed by atoms with Crippen LogP contribution in [0.4, 0.5) is 0 Å². The molecule has 0 saturated heterocycles. The average Bonchev–Trinajstić information content (AvgIpc) is 2.99. The summed E-state index contributed by atoms with van der Waals surface area (Å²) in [6.45, 7) is 4.48. The topological polar surface area (TPSA) is 121 Å². The molecule has 0 unspecified atom stereocenters. The Bertz CT molecular complexity index is 971. The van der Waals surface area contributed by atoms with Crippen molar-refractivity contribution >= 4 is 49.7 Å². The Labute approximate surface area is 303 Å². The molecule has 0 atom stereocenters. The summed E-state index contributed by atoms with van der Waals surface area (Å²) in [7, 11) is 0. The summed E-state index contributed by atoms with van der Waals surface area (Å²) in [5, 5.41) is 40.7. The Morgan fingerprint density at radius 3 is 1.27 bits per heavy atom. The number of hydrogen-bond donors (Lipinski definition) is 2. The first-order chi connectivity index (χ1) is 21.3. The standard InChI is InChI=1S/2C19H30O3.Ca/c2*1-2-3-4-5-6-7-8-9-10-11-12-16-13-14-17(19(21)22)18(20)15-16;/h2*13-15,20H,2-12H2,1H3,(H,21,22);/q;;+2/p-2. The molecule has 45 heavy (non-hydrogen) atoms. The maximum absolute atomic E-state index is 11.5. The van der Waals surface area contributed by atoms with Crippen LogP contribution in [-0.4, -0.2) is 59.9 Å². The smallest absolute Gasteiger partial charge is 0.872 e. The van der Waals surface area contributed by atoms with Crippen LogP contribution in [0.15, 0.2) is 36.4 Å². The van der Waals surface area contributed by atoms with E-state index in [2.05, 4.69) is 13.8 Å². The molecule has 2 N–H and O–H groups in total. The van der Waals surface area contributed by atoms with E-state index in [1.165, 1.54) is 134 Å². The molecule has 2 aromatic carbocycles. The molecule has 0 aliphatic carbocycles. The number of aromatic carboxylic acids is 2. The van der Waals surface area contributed by atoms with Gasteiger partial charge < -0.3 is 25.2 Å². The second kappa shape index (κ2) is 28.5. The number of carboxylic acid groups (broad SMARTS) is 2. The quantitative estimate of drug-likeness (QED) is 0.0866. The molecule has 2 rings (SSSR count). The van der Waals surface area contributed by atoms with Crippen LogP contribution in [0.2, 0.25) is 0 Å². The monoisotopic (exact) mass is 650 g/mol. The second-order valence-corrected chi connectivity index (χ2v) is 12.1. The van der Waals surface area contributed by atoms with E-state index in [9.17, 15) is 24.9 Å². The molecule has 0 saturated carbocycles. The van der Waals surface area contributed by atoms with Crippen LogP contribution in [0.3, 0.4) is 0 Å². The number of carbonyl (C=O) groups is 2. The van der Waals surface area contributed by atoms with Crippen molar-refractivity contribution in [1.29, 1.82) is 0 Å². The summed E-state index contributed by atoms with van der Waals surface area (Å²) in [6, 6.07) is 9.39. The number of carboxylic acids is 2. The Morgan fingerprint density at radius 1 is 0.578 bits per heavy atom. The number of aromatic hydroxyl groups is 1. The average molecular weight is 651 g/mol. The Morgan fingerprint density at radius 2 is 0.933 bits per heavy atom. The minimum Gasteiger partial charge on any atom is -0.872 e. The normalized spacial score (nSPS) is 10.5. The Kier molecular flexibility index (Phi) is 27.3. The molecule has 0 aromatic heterocycles. The van der Waals surface area contributed by atoms with Crippen molar-refractivity contribution < 1.29 is 30.0 Å². The number of carbonyl (C=O) groups excluding carboxylic acids is 1. The third-order valence-corrected chi connectivity index (χ3v) is 8.20. The van der Waals surface area contributed by atoms with Gasteiger partial charge in [0.15, 0.2) is 0 Å². The van der Waals surface area contributed by atoms with Crippen molar-refractivity contribution in [2.24, 2.45) is 0 Å². The molecule has 2 aromatic rings. The van der Waals surface area contributed by atoms with Crippen molar-refractivity contribution in [2.75, 3.05) is 0 Å².